The monoisotopic (exact) mass is 337 g/mol. The number of nitrogens with one attached hydrogen (secondary N) is 1. The lowest BCUT2D eigenvalue weighted by molar-refractivity contribution is 0.189. The summed E-state index contributed by atoms with van der Waals surface area (Å²) in [7, 11) is 0. The smallest absolute Gasteiger partial charge is 0.405 e. The van der Waals surface area contributed by atoms with Crippen molar-refractivity contribution in [3.8, 4) is 11.1 Å². The van der Waals surface area contributed by atoms with Crippen molar-refractivity contribution >= 4 is 17.7 Å². The summed E-state index contributed by atoms with van der Waals surface area (Å²) in [6.07, 6.45) is 0.00832. The molecule has 2 rings (SSSR count). The molecular weight excluding hydrogens is 324 g/mol. The van der Waals surface area contributed by atoms with Gasteiger partial charge in [0.15, 0.2) is 0 Å². The number of carbonyl (C=O) groups is 1. The van der Waals surface area contributed by atoms with E-state index in [1.165, 1.54) is 12.1 Å². The maximum atomic E-state index is 14.9. The zero-order valence-electron chi connectivity index (χ0n) is 12.0. The van der Waals surface area contributed by atoms with E-state index in [1.807, 2.05) is 0 Å². The van der Waals surface area contributed by atoms with Gasteiger partial charge in [-0.25, -0.2) is 13.6 Å². The Labute approximate surface area is 137 Å². The maximum absolute atomic E-state index is 14.9. The van der Waals surface area contributed by atoms with E-state index in [9.17, 15) is 13.6 Å². The second-order valence-corrected chi connectivity index (χ2v) is 5.25. The molecule has 0 bridgehead atoms. The van der Waals surface area contributed by atoms with E-state index in [-0.39, 0.29) is 17.0 Å². The molecule has 1 unspecified atom stereocenters. The lowest BCUT2D eigenvalue weighted by Gasteiger charge is -2.19. The van der Waals surface area contributed by atoms with Crippen LogP contribution in [0.3, 0.4) is 0 Å². The average Bonchev–Trinajstić information content (AvgIpc) is 2.51. The third-order valence-corrected chi connectivity index (χ3v) is 3.60. The van der Waals surface area contributed by atoms with Crippen molar-refractivity contribution in [2.45, 2.75) is 12.5 Å². The highest BCUT2D eigenvalue weighted by Gasteiger charge is 2.26. The third kappa shape index (κ3) is 3.68. The molecule has 0 aliphatic carbocycles. The van der Waals surface area contributed by atoms with Crippen LogP contribution in [-0.4, -0.2) is 11.2 Å². The summed E-state index contributed by atoms with van der Waals surface area (Å²) in [5, 5.41) is 10.7. The molecule has 0 aromatic heterocycles. The van der Waals surface area contributed by atoms with E-state index in [1.54, 1.807) is 30.3 Å². The SMILES string of the molecule is C=CCC(NC(=O)O)c1c(F)c(Cl)cc(-c2ccccc2)c1F. The van der Waals surface area contributed by atoms with E-state index in [2.05, 4.69) is 11.9 Å². The van der Waals surface area contributed by atoms with Gasteiger partial charge in [-0.3, -0.25) is 0 Å². The van der Waals surface area contributed by atoms with Crippen LogP contribution in [0.2, 0.25) is 5.02 Å². The summed E-state index contributed by atoms with van der Waals surface area (Å²) in [6, 6.07) is 8.57. The average molecular weight is 338 g/mol. The number of benzene rings is 2. The normalized spacial score (nSPS) is 11.8. The molecule has 3 nitrogen and oxygen atoms in total. The molecule has 0 fully saturated rings. The Kier molecular flexibility index (Phi) is 5.34. The van der Waals surface area contributed by atoms with Crippen LogP contribution in [0.1, 0.15) is 18.0 Å². The molecule has 120 valence electrons. The summed E-state index contributed by atoms with van der Waals surface area (Å²) in [4.78, 5) is 10.9. The number of carboxylic acid groups (broad SMARTS) is 1. The highest BCUT2D eigenvalue weighted by molar-refractivity contribution is 6.31. The van der Waals surface area contributed by atoms with Crippen molar-refractivity contribution < 1.29 is 18.7 Å². The van der Waals surface area contributed by atoms with E-state index in [4.69, 9.17) is 16.7 Å². The van der Waals surface area contributed by atoms with Gasteiger partial charge in [-0.1, -0.05) is 48.0 Å². The molecule has 0 spiro atoms. The molecule has 2 aromatic rings. The molecule has 1 atom stereocenters. The maximum Gasteiger partial charge on any atom is 0.405 e. The molecular formula is C17H14ClF2NO2. The highest BCUT2D eigenvalue weighted by atomic mass is 35.5. The fourth-order valence-corrected chi connectivity index (χ4v) is 2.53. The van der Waals surface area contributed by atoms with Crippen molar-refractivity contribution in [2.24, 2.45) is 0 Å². The van der Waals surface area contributed by atoms with Gasteiger partial charge in [0, 0.05) is 11.1 Å². The summed E-state index contributed by atoms with van der Waals surface area (Å²) in [5.74, 6) is -1.83. The largest absolute Gasteiger partial charge is 0.465 e. The van der Waals surface area contributed by atoms with Crippen molar-refractivity contribution in [1.82, 2.24) is 5.32 Å². The summed E-state index contributed by atoms with van der Waals surface area (Å²) >= 11 is 5.88. The van der Waals surface area contributed by atoms with Gasteiger partial charge < -0.3 is 10.4 Å². The van der Waals surface area contributed by atoms with Crippen molar-refractivity contribution in [1.29, 1.82) is 0 Å². The second-order valence-electron chi connectivity index (χ2n) is 4.84. The van der Waals surface area contributed by atoms with Crippen LogP contribution in [0.4, 0.5) is 13.6 Å². The lowest BCUT2D eigenvalue weighted by Crippen LogP contribution is -2.28. The number of amides is 1. The van der Waals surface area contributed by atoms with Gasteiger partial charge >= 0.3 is 6.09 Å². The molecule has 2 aromatic carbocycles. The summed E-state index contributed by atoms with van der Waals surface area (Å²) in [5.41, 5.74) is 0.202. The highest BCUT2D eigenvalue weighted by Crippen LogP contribution is 2.35. The first kappa shape index (κ1) is 17.0. The zero-order chi connectivity index (χ0) is 17.0. The van der Waals surface area contributed by atoms with Crippen molar-refractivity contribution in [2.75, 3.05) is 0 Å². The van der Waals surface area contributed by atoms with E-state index in [0.29, 0.717) is 5.56 Å². The van der Waals surface area contributed by atoms with Gasteiger partial charge in [0.05, 0.1) is 11.1 Å². The molecule has 0 aliphatic rings. The molecule has 0 saturated carbocycles. The van der Waals surface area contributed by atoms with Gasteiger partial charge in [-0.2, -0.15) is 0 Å². The Morgan fingerprint density at radius 3 is 2.52 bits per heavy atom. The number of hydrogen-bond acceptors (Lipinski definition) is 1. The molecule has 0 aliphatic heterocycles. The van der Waals surface area contributed by atoms with Crippen LogP contribution in [-0.2, 0) is 0 Å². The lowest BCUT2D eigenvalue weighted by atomic mass is 9.96. The van der Waals surface area contributed by atoms with Gasteiger partial charge in [-0.05, 0) is 18.1 Å². The van der Waals surface area contributed by atoms with Crippen LogP contribution in [0.5, 0.6) is 0 Å². The van der Waals surface area contributed by atoms with Crippen molar-refractivity contribution in [3.05, 3.63) is 71.3 Å². The van der Waals surface area contributed by atoms with Crippen molar-refractivity contribution in [3.63, 3.8) is 0 Å². The molecule has 6 heteroatoms. The van der Waals surface area contributed by atoms with Crippen LogP contribution >= 0.6 is 11.6 Å². The Balaban J connectivity index is 2.64. The van der Waals surface area contributed by atoms with Gasteiger partial charge in [0.2, 0.25) is 0 Å². The van der Waals surface area contributed by atoms with E-state index < -0.39 is 29.3 Å². The fourth-order valence-electron chi connectivity index (χ4n) is 2.32. The molecule has 0 radical (unpaired) electrons. The van der Waals surface area contributed by atoms with Crippen LogP contribution < -0.4 is 5.32 Å². The first-order valence-electron chi connectivity index (χ1n) is 6.78. The minimum atomic E-state index is -1.39. The van der Waals surface area contributed by atoms with Crippen LogP contribution in [0, 0.1) is 11.6 Å². The number of rotatable bonds is 5. The van der Waals surface area contributed by atoms with Gasteiger partial charge in [0.25, 0.3) is 0 Å². The fraction of sp³-hybridized carbons (Fsp3) is 0.118. The van der Waals surface area contributed by atoms with Crippen LogP contribution in [0.25, 0.3) is 11.1 Å². The molecule has 0 heterocycles. The minimum absolute atomic E-state index is 0.0225. The van der Waals surface area contributed by atoms with Gasteiger partial charge in [-0.15, -0.1) is 6.58 Å². The second kappa shape index (κ2) is 7.24. The van der Waals surface area contributed by atoms with E-state index in [0.717, 1.165) is 0 Å². The number of hydrogen-bond donors (Lipinski definition) is 2. The van der Waals surface area contributed by atoms with E-state index >= 15 is 0 Å². The Hall–Kier alpha value is -2.40. The molecule has 1 amide bonds. The Bertz CT molecular complexity index is 735. The Morgan fingerprint density at radius 2 is 1.96 bits per heavy atom. The molecule has 23 heavy (non-hydrogen) atoms. The first-order valence-corrected chi connectivity index (χ1v) is 7.16. The third-order valence-electron chi connectivity index (χ3n) is 3.32. The summed E-state index contributed by atoms with van der Waals surface area (Å²) in [6.45, 7) is 3.48. The quantitative estimate of drug-likeness (QED) is 0.584. The predicted octanol–water partition coefficient (Wildman–Crippen LogP) is 5.17. The number of halogens is 3. The zero-order valence-corrected chi connectivity index (χ0v) is 12.8. The molecule has 0 saturated heterocycles. The first-order chi connectivity index (χ1) is 11.0. The topological polar surface area (TPSA) is 49.3 Å². The Morgan fingerprint density at radius 1 is 1.30 bits per heavy atom. The summed E-state index contributed by atoms with van der Waals surface area (Å²) < 4.78 is 29.2. The molecule has 2 N–H and O–H groups in total. The minimum Gasteiger partial charge on any atom is -0.465 e. The van der Waals surface area contributed by atoms with Gasteiger partial charge in [0.1, 0.15) is 11.6 Å². The predicted molar refractivity (Wildman–Crippen MR) is 85.5 cm³/mol. The van der Waals surface area contributed by atoms with Crippen LogP contribution in [0.15, 0.2) is 49.1 Å². The standard InChI is InChI=1S/C17H14ClF2NO2/c1-2-6-13(21-17(22)23)14-15(19)11(9-12(18)16(14)20)10-7-4-3-5-8-10/h2-5,7-9,13,21H,1,6H2,(H,22,23).